The number of pyridine rings is 1. The Bertz CT molecular complexity index is 1200. The standard InChI is InChI=1S/C22H22N8O/c31-22(19-11-18(8-9-23-19)30-12-24-20(28-30)14-4-5-14)26-16-3-1-2-15(10-16)21-27-25-13-29(21)17-6-7-17/h1-3,8-9,11-14,16-17H,4-7,10H2,(H,26,31). The fraction of sp³-hybridized carbons (Fsp3) is 0.364. The van der Waals surface area contributed by atoms with Crippen LogP contribution >= 0.6 is 0 Å². The topological polar surface area (TPSA) is 103 Å². The molecule has 3 aliphatic rings. The molecule has 6 rings (SSSR count). The molecule has 3 aromatic rings. The Kier molecular flexibility index (Phi) is 4.26. The molecule has 31 heavy (non-hydrogen) atoms. The maximum atomic E-state index is 12.9. The molecular weight excluding hydrogens is 392 g/mol. The fourth-order valence-corrected chi connectivity index (χ4v) is 3.89. The first-order chi connectivity index (χ1) is 15.2. The Balaban J connectivity index is 1.16. The van der Waals surface area contributed by atoms with Gasteiger partial charge in [-0.1, -0.05) is 18.2 Å². The van der Waals surface area contributed by atoms with E-state index >= 15 is 0 Å². The van der Waals surface area contributed by atoms with Gasteiger partial charge in [-0.05, 0) is 49.8 Å². The molecule has 0 aliphatic heterocycles. The predicted octanol–water partition coefficient (Wildman–Crippen LogP) is 2.61. The van der Waals surface area contributed by atoms with Gasteiger partial charge in [-0.3, -0.25) is 9.78 Å². The third kappa shape index (κ3) is 3.67. The van der Waals surface area contributed by atoms with Gasteiger partial charge in [0.05, 0.1) is 11.7 Å². The van der Waals surface area contributed by atoms with E-state index in [1.54, 1.807) is 29.6 Å². The van der Waals surface area contributed by atoms with E-state index in [4.69, 9.17) is 0 Å². The van der Waals surface area contributed by atoms with Crippen LogP contribution in [0, 0.1) is 0 Å². The van der Waals surface area contributed by atoms with Gasteiger partial charge in [0, 0.05) is 18.2 Å². The van der Waals surface area contributed by atoms with Crippen LogP contribution in [-0.2, 0) is 0 Å². The molecule has 2 fully saturated rings. The Morgan fingerprint density at radius 2 is 2.03 bits per heavy atom. The van der Waals surface area contributed by atoms with Crippen molar-refractivity contribution in [3.8, 4) is 5.69 Å². The molecule has 156 valence electrons. The number of aromatic nitrogens is 7. The van der Waals surface area contributed by atoms with Gasteiger partial charge in [0.25, 0.3) is 5.91 Å². The first-order valence-corrected chi connectivity index (χ1v) is 10.7. The van der Waals surface area contributed by atoms with E-state index in [0.717, 1.165) is 35.8 Å². The summed E-state index contributed by atoms with van der Waals surface area (Å²) in [6.07, 6.45) is 16.4. The molecule has 0 bridgehead atoms. The van der Waals surface area contributed by atoms with Crippen LogP contribution in [0.25, 0.3) is 11.3 Å². The van der Waals surface area contributed by atoms with Crippen molar-refractivity contribution in [2.75, 3.05) is 0 Å². The van der Waals surface area contributed by atoms with E-state index in [-0.39, 0.29) is 11.9 Å². The van der Waals surface area contributed by atoms with Crippen LogP contribution in [-0.4, -0.2) is 46.5 Å². The molecular formula is C22H22N8O. The predicted molar refractivity (Wildman–Crippen MR) is 112 cm³/mol. The third-order valence-corrected chi connectivity index (χ3v) is 5.89. The molecule has 0 spiro atoms. The van der Waals surface area contributed by atoms with Gasteiger partial charge in [-0.15, -0.1) is 10.2 Å². The summed E-state index contributed by atoms with van der Waals surface area (Å²) in [6, 6.07) is 3.95. The van der Waals surface area contributed by atoms with Gasteiger partial charge >= 0.3 is 0 Å². The Hall–Kier alpha value is -3.62. The maximum absolute atomic E-state index is 12.9. The molecule has 3 aliphatic carbocycles. The fourth-order valence-electron chi connectivity index (χ4n) is 3.89. The number of nitrogens with zero attached hydrogens (tertiary/aromatic N) is 7. The zero-order valence-electron chi connectivity index (χ0n) is 16.9. The first kappa shape index (κ1) is 18.2. The number of rotatable bonds is 6. The van der Waals surface area contributed by atoms with E-state index in [9.17, 15) is 4.79 Å². The highest BCUT2D eigenvalue weighted by atomic mass is 16.1. The number of carbonyl (C=O) groups excluding carboxylic acids is 1. The minimum absolute atomic E-state index is 0.129. The highest BCUT2D eigenvalue weighted by molar-refractivity contribution is 5.93. The SMILES string of the molecule is O=C(NC1C=CC=C(c2nncn2C2CC2)C1)c1cc(-n2cnc(C3CC3)n2)ccn1. The minimum atomic E-state index is -0.219. The van der Waals surface area contributed by atoms with Crippen LogP contribution in [0.2, 0.25) is 0 Å². The van der Waals surface area contributed by atoms with Gasteiger partial charge < -0.3 is 9.88 Å². The van der Waals surface area contributed by atoms with E-state index in [1.807, 2.05) is 24.3 Å². The second-order valence-electron chi connectivity index (χ2n) is 8.37. The largest absolute Gasteiger partial charge is 0.344 e. The van der Waals surface area contributed by atoms with Crippen molar-refractivity contribution in [3.63, 3.8) is 0 Å². The number of carbonyl (C=O) groups is 1. The average Bonchev–Trinajstić information content (AvgIpc) is 3.73. The van der Waals surface area contributed by atoms with E-state index in [1.165, 1.54) is 12.8 Å². The summed E-state index contributed by atoms with van der Waals surface area (Å²) in [4.78, 5) is 21.5. The molecule has 9 heteroatoms. The molecule has 1 N–H and O–H groups in total. The van der Waals surface area contributed by atoms with Gasteiger partial charge in [0.1, 0.15) is 18.3 Å². The summed E-state index contributed by atoms with van der Waals surface area (Å²) in [7, 11) is 0. The lowest BCUT2D eigenvalue weighted by molar-refractivity contribution is 0.0940. The molecule has 0 aromatic carbocycles. The molecule has 1 amide bonds. The number of amides is 1. The van der Waals surface area contributed by atoms with E-state index < -0.39 is 0 Å². The maximum Gasteiger partial charge on any atom is 0.270 e. The molecule has 0 radical (unpaired) electrons. The van der Waals surface area contributed by atoms with Gasteiger partial charge in [0.2, 0.25) is 0 Å². The van der Waals surface area contributed by atoms with Crippen molar-refractivity contribution in [3.05, 3.63) is 66.6 Å². The van der Waals surface area contributed by atoms with Crippen LogP contribution in [0.4, 0.5) is 0 Å². The average molecular weight is 414 g/mol. The molecule has 1 atom stereocenters. The number of hydrogen-bond acceptors (Lipinski definition) is 6. The summed E-state index contributed by atoms with van der Waals surface area (Å²) in [5.41, 5.74) is 2.21. The van der Waals surface area contributed by atoms with E-state index in [0.29, 0.717) is 24.1 Å². The summed E-state index contributed by atoms with van der Waals surface area (Å²) < 4.78 is 3.85. The molecule has 3 heterocycles. The van der Waals surface area contributed by atoms with Gasteiger partial charge in [-0.2, -0.15) is 5.10 Å². The van der Waals surface area contributed by atoms with Crippen LogP contribution in [0.5, 0.6) is 0 Å². The smallest absolute Gasteiger partial charge is 0.270 e. The van der Waals surface area contributed by atoms with Crippen LogP contribution < -0.4 is 5.32 Å². The number of nitrogens with one attached hydrogen (secondary N) is 1. The van der Waals surface area contributed by atoms with Gasteiger partial charge in [-0.25, -0.2) is 9.67 Å². The Labute approximate surface area is 178 Å². The molecule has 9 nitrogen and oxygen atoms in total. The van der Waals surface area contributed by atoms with Crippen molar-refractivity contribution in [1.29, 1.82) is 0 Å². The van der Waals surface area contributed by atoms with Crippen molar-refractivity contribution < 1.29 is 4.79 Å². The molecule has 2 saturated carbocycles. The van der Waals surface area contributed by atoms with Crippen LogP contribution in [0.1, 0.15) is 66.2 Å². The highest BCUT2D eigenvalue weighted by Gasteiger charge is 2.29. The summed E-state index contributed by atoms with van der Waals surface area (Å²) in [6.45, 7) is 0. The third-order valence-electron chi connectivity index (χ3n) is 5.89. The van der Waals surface area contributed by atoms with Crippen molar-refractivity contribution in [1.82, 2.24) is 39.8 Å². The quantitative estimate of drug-likeness (QED) is 0.665. The number of hydrogen-bond donors (Lipinski definition) is 1. The lowest BCUT2D eigenvalue weighted by atomic mass is 9.99. The van der Waals surface area contributed by atoms with Crippen molar-refractivity contribution in [2.45, 2.75) is 50.1 Å². The summed E-state index contributed by atoms with van der Waals surface area (Å²) >= 11 is 0. The molecule has 1 unspecified atom stereocenters. The highest BCUT2D eigenvalue weighted by Crippen LogP contribution is 2.38. The molecule has 3 aromatic heterocycles. The normalized spacial score (nSPS) is 20.5. The van der Waals surface area contributed by atoms with Crippen molar-refractivity contribution in [2.24, 2.45) is 0 Å². The summed E-state index contributed by atoms with van der Waals surface area (Å²) in [5, 5.41) is 16.0. The lowest BCUT2D eigenvalue weighted by Crippen LogP contribution is -2.35. The Morgan fingerprint density at radius 3 is 2.87 bits per heavy atom. The van der Waals surface area contributed by atoms with Gasteiger partial charge in [0.15, 0.2) is 11.6 Å². The van der Waals surface area contributed by atoms with E-state index in [2.05, 4.69) is 35.1 Å². The van der Waals surface area contributed by atoms with Crippen LogP contribution in [0.15, 0.2) is 49.2 Å². The van der Waals surface area contributed by atoms with Crippen molar-refractivity contribution >= 4 is 11.5 Å². The molecule has 0 saturated heterocycles. The minimum Gasteiger partial charge on any atom is -0.344 e. The zero-order valence-corrected chi connectivity index (χ0v) is 16.9. The summed E-state index contributed by atoms with van der Waals surface area (Å²) in [5.74, 6) is 2.03. The Morgan fingerprint density at radius 1 is 1.13 bits per heavy atom. The monoisotopic (exact) mass is 414 g/mol. The second-order valence-corrected chi connectivity index (χ2v) is 8.37. The number of allylic oxidation sites excluding steroid dienone is 2. The van der Waals surface area contributed by atoms with Crippen LogP contribution in [0.3, 0.4) is 0 Å². The second kappa shape index (κ2) is 7.26. The zero-order chi connectivity index (χ0) is 20.8. The lowest BCUT2D eigenvalue weighted by Gasteiger charge is -2.20. The first-order valence-electron chi connectivity index (χ1n) is 10.7.